The largest absolute Gasteiger partial charge is 0.355 e. The van der Waals surface area contributed by atoms with Crippen LogP contribution in [0.2, 0.25) is 0 Å². The molecule has 28 heavy (non-hydrogen) atoms. The molecule has 0 spiro atoms. The number of hydrogen-bond donors (Lipinski definition) is 2. The number of carbonyl (C=O) groups is 2. The normalized spacial score (nSPS) is 14.2. The first-order valence-corrected chi connectivity index (χ1v) is 10.1. The zero-order valence-corrected chi connectivity index (χ0v) is 16.5. The minimum absolute atomic E-state index is 0.00680. The summed E-state index contributed by atoms with van der Waals surface area (Å²) in [4.78, 5) is 26.6. The molecule has 0 bridgehead atoms. The van der Waals surface area contributed by atoms with Crippen molar-refractivity contribution in [1.29, 1.82) is 0 Å². The van der Waals surface area contributed by atoms with Crippen LogP contribution in [-0.2, 0) is 11.2 Å². The van der Waals surface area contributed by atoms with Crippen molar-refractivity contribution in [3.05, 3.63) is 65.7 Å². The molecule has 2 amide bonds. The van der Waals surface area contributed by atoms with Gasteiger partial charge >= 0.3 is 0 Å². The lowest BCUT2D eigenvalue weighted by Crippen LogP contribution is -2.40. The van der Waals surface area contributed by atoms with Gasteiger partial charge in [0.1, 0.15) is 0 Å². The van der Waals surface area contributed by atoms with Gasteiger partial charge in [0.05, 0.1) is 6.54 Å². The first-order chi connectivity index (χ1) is 13.7. The van der Waals surface area contributed by atoms with Crippen molar-refractivity contribution in [1.82, 2.24) is 10.2 Å². The van der Waals surface area contributed by atoms with Gasteiger partial charge in [-0.15, -0.1) is 0 Å². The fourth-order valence-electron chi connectivity index (χ4n) is 3.81. The van der Waals surface area contributed by atoms with E-state index in [1.54, 1.807) is 31.3 Å². The van der Waals surface area contributed by atoms with Crippen LogP contribution in [0, 0.1) is 0 Å². The molecule has 0 aromatic heterocycles. The van der Waals surface area contributed by atoms with Gasteiger partial charge in [-0.2, -0.15) is 0 Å². The highest BCUT2D eigenvalue weighted by Crippen LogP contribution is 2.24. The van der Waals surface area contributed by atoms with Crippen LogP contribution in [0.4, 0.5) is 5.69 Å². The summed E-state index contributed by atoms with van der Waals surface area (Å²) in [7, 11) is 1.60. The van der Waals surface area contributed by atoms with E-state index in [4.69, 9.17) is 0 Å². The van der Waals surface area contributed by atoms with Gasteiger partial charge in [0.25, 0.3) is 5.91 Å². The number of hydrogen-bond acceptors (Lipinski definition) is 3. The number of carbonyl (C=O) groups excluding carboxylic acids is 2. The first-order valence-electron chi connectivity index (χ1n) is 10.1. The van der Waals surface area contributed by atoms with E-state index in [1.807, 2.05) is 6.07 Å². The van der Waals surface area contributed by atoms with Crippen LogP contribution >= 0.6 is 0 Å². The van der Waals surface area contributed by atoms with Gasteiger partial charge in [-0.1, -0.05) is 43.2 Å². The summed E-state index contributed by atoms with van der Waals surface area (Å²) in [5.74, 6) is -0.140. The Bertz CT molecular complexity index is 768. The van der Waals surface area contributed by atoms with Crippen molar-refractivity contribution in [2.24, 2.45) is 0 Å². The van der Waals surface area contributed by atoms with Crippen LogP contribution in [0.3, 0.4) is 0 Å². The van der Waals surface area contributed by atoms with Crippen molar-refractivity contribution >= 4 is 17.5 Å². The second-order valence-electron chi connectivity index (χ2n) is 7.35. The molecule has 1 aliphatic carbocycles. The number of amides is 2. The van der Waals surface area contributed by atoms with E-state index in [-0.39, 0.29) is 11.8 Å². The van der Waals surface area contributed by atoms with Gasteiger partial charge in [-0.3, -0.25) is 14.5 Å². The Labute approximate surface area is 167 Å². The Kier molecular flexibility index (Phi) is 7.20. The summed E-state index contributed by atoms with van der Waals surface area (Å²) in [5.41, 5.74) is 2.60. The molecular formula is C23H29N3O2. The molecule has 0 radical (unpaired) electrons. The van der Waals surface area contributed by atoms with E-state index in [0.29, 0.717) is 23.8 Å². The molecule has 1 aliphatic rings. The average Bonchev–Trinajstić information content (AvgIpc) is 3.26. The molecule has 0 heterocycles. The third-order valence-corrected chi connectivity index (χ3v) is 5.38. The molecule has 5 heteroatoms. The molecule has 0 aliphatic heterocycles. The van der Waals surface area contributed by atoms with Crippen LogP contribution in [0.5, 0.6) is 0 Å². The van der Waals surface area contributed by atoms with Crippen molar-refractivity contribution in [2.45, 2.75) is 38.1 Å². The minimum Gasteiger partial charge on any atom is -0.355 e. The minimum atomic E-state index is -0.133. The number of nitrogens with one attached hydrogen (secondary N) is 2. The summed E-state index contributed by atoms with van der Waals surface area (Å²) in [6.07, 6.45) is 5.78. The summed E-state index contributed by atoms with van der Waals surface area (Å²) in [6.45, 7) is 1.28. The SMILES string of the molecule is CNC(=O)c1ccc(NC(=O)CN(CCc2ccccc2)C2CCCC2)cc1. The van der Waals surface area contributed by atoms with Gasteiger partial charge in [0, 0.05) is 30.9 Å². The molecule has 2 aromatic carbocycles. The Morgan fingerprint density at radius 2 is 1.68 bits per heavy atom. The molecule has 0 saturated heterocycles. The zero-order chi connectivity index (χ0) is 19.8. The smallest absolute Gasteiger partial charge is 0.251 e. The van der Waals surface area contributed by atoms with Gasteiger partial charge in [-0.25, -0.2) is 0 Å². The van der Waals surface area contributed by atoms with Crippen LogP contribution < -0.4 is 10.6 Å². The predicted molar refractivity (Wildman–Crippen MR) is 112 cm³/mol. The van der Waals surface area contributed by atoms with E-state index in [2.05, 4.69) is 39.8 Å². The van der Waals surface area contributed by atoms with E-state index < -0.39 is 0 Å². The molecule has 1 fully saturated rings. The molecule has 148 valence electrons. The lowest BCUT2D eigenvalue weighted by molar-refractivity contribution is -0.117. The Morgan fingerprint density at radius 3 is 2.32 bits per heavy atom. The molecule has 0 unspecified atom stereocenters. The van der Waals surface area contributed by atoms with E-state index >= 15 is 0 Å². The second kappa shape index (κ2) is 10.0. The lowest BCUT2D eigenvalue weighted by Gasteiger charge is -2.28. The molecular weight excluding hydrogens is 350 g/mol. The van der Waals surface area contributed by atoms with Crippen molar-refractivity contribution in [3.63, 3.8) is 0 Å². The number of benzene rings is 2. The maximum absolute atomic E-state index is 12.6. The maximum atomic E-state index is 12.6. The second-order valence-corrected chi connectivity index (χ2v) is 7.35. The van der Waals surface area contributed by atoms with Crippen molar-refractivity contribution < 1.29 is 9.59 Å². The van der Waals surface area contributed by atoms with E-state index in [9.17, 15) is 9.59 Å². The van der Waals surface area contributed by atoms with Crippen LogP contribution in [0.1, 0.15) is 41.6 Å². The molecule has 1 saturated carbocycles. The predicted octanol–water partition coefficient (Wildman–Crippen LogP) is 3.47. The zero-order valence-electron chi connectivity index (χ0n) is 16.5. The highest BCUT2D eigenvalue weighted by Gasteiger charge is 2.24. The van der Waals surface area contributed by atoms with Gasteiger partial charge < -0.3 is 10.6 Å². The van der Waals surface area contributed by atoms with Gasteiger partial charge in [-0.05, 0) is 49.1 Å². The Morgan fingerprint density at radius 1 is 1.00 bits per heavy atom. The van der Waals surface area contributed by atoms with Crippen molar-refractivity contribution in [2.75, 3.05) is 25.5 Å². The molecule has 3 rings (SSSR count). The number of anilines is 1. The Balaban J connectivity index is 1.58. The number of nitrogens with zero attached hydrogens (tertiary/aromatic N) is 1. The lowest BCUT2D eigenvalue weighted by atomic mass is 10.1. The number of rotatable bonds is 8. The third kappa shape index (κ3) is 5.67. The van der Waals surface area contributed by atoms with Gasteiger partial charge in [0.15, 0.2) is 0 Å². The summed E-state index contributed by atoms with van der Waals surface area (Å²) < 4.78 is 0. The maximum Gasteiger partial charge on any atom is 0.251 e. The van der Waals surface area contributed by atoms with Crippen LogP contribution in [-0.4, -0.2) is 42.9 Å². The fourth-order valence-corrected chi connectivity index (χ4v) is 3.81. The summed E-state index contributed by atoms with van der Waals surface area (Å²) in [5, 5.41) is 5.56. The highest BCUT2D eigenvalue weighted by atomic mass is 16.2. The topological polar surface area (TPSA) is 61.4 Å². The van der Waals surface area contributed by atoms with E-state index in [0.717, 1.165) is 13.0 Å². The highest BCUT2D eigenvalue weighted by molar-refractivity contribution is 5.96. The van der Waals surface area contributed by atoms with Crippen molar-refractivity contribution in [3.8, 4) is 0 Å². The summed E-state index contributed by atoms with van der Waals surface area (Å²) in [6, 6.07) is 17.9. The fraction of sp³-hybridized carbons (Fsp3) is 0.391. The van der Waals surface area contributed by atoms with Gasteiger partial charge in [0.2, 0.25) is 5.91 Å². The summed E-state index contributed by atoms with van der Waals surface area (Å²) >= 11 is 0. The molecule has 2 N–H and O–H groups in total. The monoisotopic (exact) mass is 379 g/mol. The standard InChI is InChI=1S/C23H29N3O2/c1-24-23(28)19-11-13-20(14-12-19)25-22(27)17-26(21-9-5-6-10-21)16-15-18-7-3-2-4-8-18/h2-4,7-8,11-14,21H,5-6,9-10,15-17H2,1H3,(H,24,28)(H,25,27). The average molecular weight is 380 g/mol. The van der Waals surface area contributed by atoms with E-state index in [1.165, 1.54) is 31.2 Å². The molecule has 2 aromatic rings. The molecule has 0 atom stereocenters. The van der Waals surface area contributed by atoms with Crippen LogP contribution in [0.25, 0.3) is 0 Å². The first kappa shape index (κ1) is 20.1. The third-order valence-electron chi connectivity index (χ3n) is 5.38. The Hall–Kier alpha value is -2.66. The molecule has 5 nitrogen and oxygen atoms in total. The quantitative estimate of drug-likeness (QED) is 0.738. The van der Waals surface area contributed by atoms with Crippen LogP contribution in [0.15, 0.2) is 54.6 Å².